The van der Waals surface area contributed by atoms with Crippen molar-refractivity contribution in [2.75, 3.05) is 7.11 Å². The van der Waals surface area contributed by atoms with Gasteiger partial charge in [-0.15, -0.1) is 0 Å². The maximum absolute atomic E-state index is 12.9. The van der Waals surface area contributed by atoms with Crippen LogP contribution < -0.4 is 0 Å². The molecule has 154 valence electrons. The second-order valence-electron chi connectivity index (χ2n) is 7.02. The van der Waals surface area contributed by atoms with E-state index in [1.165, 1.54) is 35.3 Å². The first kappa shape index (κ1) is 21.0. The van der Waals surface area contributed by atoms with E-state index in [9.17, 15) is 18.0 Å². The van der Waals surface area contributed by atoms with E-state index in [-0.39, 0.29) is 5.69 Å². The van der Waals surface area contributed by atoms with E-state index < -0.39 is 17.7 Å². The Kier molecular flexibility index (Phi) is 5.79. The highest BCUT2D eigenvalue weighted by Gasteiger charge is 2.30. The Morgan fingerprint density at radius 1 is 1.24 bits per heavy atom. The molecule has 0 unspecified atom stereocenters. The second-order valence-corrected chi connectivity index (χ2v) is 8.08. The Morgan fingerprint density at radius 2 is 1.90 bits per heavy atom. The first-order valence-electron chi connectivity index (χ1n) is 8.92. The van der Waals surface area contributed by atoms with Gasteiger partial charge < -0.3 is 4.74 Å². The summed E-state index contributed by atoms with van der Waals surface area (Å²) in [7, 11) is 1.29. The number of rotatable bonds is 5. The third-order valence-electron chi connectivity index (χ3n) is 4.17. The van der Waals surface area contributed by atoms with E-state index in [0.717, 1.165) is 17.0 Å². The van der Waals surface area contributed by atoms with E-state index in [1.807, 2.05) is 13.8 Å². The number of ether oxygens (including phenoxy) is 1. The van der Waals surface area contributed by atoms with Crippen LogP contribution in [0.25, 0.3) is 16.4 Å². The minimum atomic E-state index is -4.39. The lowest BCUT2D eigenvalue weighted by Crippen LogP contribution is -2.10. The zero-order valence-electron chi connectivity index (χ0n) is 16.4. The first-order valence-corrected chi connectivity index (χ1v) is 9.74. The summed E-state index contributed by atoms with van der Waals surface area (Å²) in [6, 6.07) is 6.53. The molecule has 0 saturated heterocycles. The quantitative estimate of drug-likeness (QED) is 0.522. The zero-order valence-corrected chi connectivity index (χ0v) is 17.2. The molecule has 1 aromatic carbocycles. The monoisotopic (exact) mass is 423 g/mol. The molecule has 29 heavy (non-hydrogen) atoms. The van der Waals surface area contributed by atoms with Gasteiger partial charge in [0.15, 0.2) is 5.69 Å². The molecule has 2 aromatic heterocycles. The summed E-state index contributed by atoms with van der Waals surface area (Å²) in [4.78, 5) is 17.6. The number of halogens is 3. The lowest BCUT2D eigenvalue weighted by Gasteiger charge is -2.08. The molecule has 0 aliphatic heterocycles. The maximum atomic E-state index is 12.9. The fourth-order valence-electron chi connectivity index (χ4n) is 2.88. The number of benzene rings is 1. The smallest absolute Gasteiger partial charge is 0.416 e. The lowest BCUT2D eigenvalue weighted by atomic mass is 10.0. The molecule has 3 rings (SSSR count). The molecule has 0 aliphatic carbocycles. The van der Waals surface area contributed by atoms with E-state index in [4.69, 9.17) is 4.74 Å². The van der Waals surface area contributed by atoms with E-state index in [1.54, 1.807) is 13.0 Å². The van der Waals surface area contributed by atoms with Crippen LogP contribution in [0.4, 0.5) is 13.2 Å². The molecule has 9 heteroatoms. The fourth-order valence-corrected chi connectivity index (χ4v) is 4.14. The van der Waals surface area contributed by atoms with Crippen molar-refractivity contribution in [3.05, 3.63) is 52.2 Å². The molecule has 5 nitrogen and oxygen atoms in total. The van der Waals surface area contributed by atoms with E-state index in [0.29, 0.717) is 34.4 Å². The van der Waals surface area contributed by atoms with Gasteiger partial charge in [0, 0.05) is 10.4 Å². The number of thiazole rings is 1. The van der Waals surface area contributed by atoms with Crippen molar-refractivity contribution in [3.63, 3.8) is 0 Å². The van der Waals surface area contributed by atoms with Crippen LogP contribution >= 0.6 is 11.3 Å². The summed E-state index contributed by atoms with van der Waals surface area (Å²) in [6.07, 6.45) is -3.70. The predicted octanol–water partition coefficient (Wildman–Crippen LogP) is 5.31. The van der Waals surface area contributed by atoms with Gasteiger partial charge in [-0.2, -0.15) is 23.0 Å². The second kappa shape index (κ2) is 7.98. The van der Waals surface area contributed by atoms with Crippen LogP contribution in [0, 0.1) is 12.8 Å². The number of nitrogens with zero attached hydrogens (tertiary/aromatic N) is 3. The number of alkyl halides is 3. The summed E-state index contributed by atoms with van der Waals surface area (Å²) in [6.45, 7) is 5.85. The Labute approximate surface area is 170 Å². The highest BCUT2D eigenvalue weighted by Crippen LogP contribution is 2.35. The Bertz CT molecular complexity index is 1020. The van der Waals surface area contributed by atoms with Crippen molar-refractivity contribution in [1.29, 1.82) is 0 Å². The van der Waals surface area contributed by atoms with Crippen molar-refractivity contribution in [2.24, 2.45) is 5.92 Å². The molecule has 0 radical (unpaired) electrons. The van der Waals surface area contributed by atoms with E-state index >= 15 is 0 Å². The number of aryl methyl sites for hydroxylation is 1. The van der Waals surface area contributed by atoms with E-state index in [2.05, 4.69) is 10.1 Å². The summed E-state index contributed by atoms with van der Waals surface area (Å²) < 4.78 is 44.9. The largest absolute Gasteiger partial charge is 0.464 e. The highest BCUT2D eigenvalue weighted by atomic mass is 32.1. The molecule has 0 fully saturated rings. The SMILES string of the molecule is COC(=O)c1cc(C)nn1-c1nc(-c2ccc(C(F)(F)F)cc2)c(CC(C)C)s1. The number of aromatic nitrogens is 3. The van der Waals surface area contributed by atoms with Crippen molar-refractivity contribution in [2.45, 2.75) is 33.4 Å². The first-order chi connectivity index (χ1) is 13.6. The fraction of sp³-hybridized carbons (Fsp3) is 0.350. The van der Waals surface area contributed by atoms with Gasteiger partial charge in [0.05, 0.1) is 24.1 Å². The number of carbonyl (C=O) groups is 1. The van der Waals surface area contributed by atoms with Gasteiger partial charge in [-0.3, -0.25) is 0 Å². The van der Waals surface area contributed by atoms with Gasteiger partial charge in [-0.1, -0.05) is 37.3 Å². The predicted molar refractivity (Wildman–Crippen MR) is 104 cm³/mol. The van der Waals surface area contributed by atoms with Crippen LogP contribution in [0.3, 0.4) is 0 Å². The van der Waals surface area contributed by atoms with Crippen LogP contribution in [0.1, 0.15) is 40.5 Å². The van der Waals surface area contributed by atoms with Crippen molar-refractivity contribution in [1.82, 2.24) is 14.8 Å². The van der Waals surface area contributed by atoms with Crippen molar-refractivity contribution in [3.8, 4) is 16.4 Å². The molecule has 0 N–H and O–H groups in total. The molecular weight excluding hydrogens is 403 g/mol. The van der Waals surface area contributed by atoms with Crippen LogP contribution in [0.2, 0.25) is 0 Å². The molecule has 3 aromatic rings. The molecule has 0 saturated carbocycles. The number of methoxy groups -OCH3 is 1. The molecular formula is C20H20F3N3O2S. The van der Waals surface area contributed by atoms with Gasteiger partial charge in [0.1, 0.15) is 0 Å². The Balaban J connectivity index is 2.10. The number of hydrogen-bond acceptors (Lipinski definition) is 5. The van der Waals surface area contributed by atoms with Crippen LogP contribution in [0.5, 0.6) is 0 Å². The Morgan fingerprint density at radius 3 is 2.45 bits per heavy atom. The molecule has 0 aliphatic rings. The minimum Gasteiger partial charge on any atom is -0.464 e. The highest BCUT2D eigenvalue weighted by molar-refractivity contribution is 7.14. The van der Waals surface area contributed by atoms with Gasteiger partial charge in [0.25, 0.3) is 0 Å². The molecule has 0 bridgehead atoms. The topological polar surface area (TPSA) is 57.0 Å². The maximum Gasteiger partial charge on any atom is 0.416 e. The van der Waals surface area contributed by atoms with Gasteiger partial charge >= 0.3 is 12.1 Å². The summed E-state index contributed by atoms with van der Waals surface area (Å²) >= 11 is 1.36. The zero-order chi connectivity index (χ0) is 21.3. The van der Waals surface area contributed by atoms with Crippen molar-refractivity contribution < 1.29 is 22.7 Å². The standard InChI is InChI=1S/C20H20F3N3O2S/c1-11(2)9-16-17(13-5-7-14(8-6-13)20(21,22)23)24-19(29-16)26-15(18(27)28-4)10-12(3)25-26/h5-8,10-11H,9H2,1-4H3. The minimum absolute atomic E-state index is 0.244. The van der Waals surface area contributed by atoms with Gasteiger partial charge in [0.2, 0.25) is 5.13 Å². The third kappa shape index (κ3) is 4.50. The summed E-state index contributed by atoms with van der Waals surface area (Å²) in [5.41, 5.74) is 1.34. The van der Waals surface area contributed by atoms with Crippen LogP contribution in [-0.4, -0.2) is 27.8 Å². The average molecular weight is 423 g/mol. The third-order valence-corrected chi connectivity index (χ3v) is 5.23. The number of carbonyl (C=O) groups excluding carboxylic acids is 1. The normalized spacial score (nSPS) is 11.9. The van der Waals surface area contributed by atoms with Crippen LogP contribution in [-0.2, 0) is 17.3 Å². The van der Waals surface area contributed by atoms with Gasteiger partial charge in [-0.25, -0.2) is 9.78 Å². The van der Waals surface area contributed by atoms with Crippen molar-refractivity contribution >= 4 is 17.3 Å². The average Bonchev–Trinajstić information content (AvgIpc) is 3.23. The summed E-state index contributed by atoms with van der Waals surface area (Å²) in [5, 5.41) is 4.80. The Hall–Kier alpha value is -2.68. The van der Waals surface area contributed by atoms with Crippen LogP contribution in [0.15, 0.2) is 30.3 Å². The van der Waals surface area contributed by atoms with Gasteiger partial charge in [-0.05, 0) is 37.5 Å². The molecule has 0 spiro atoms. The summed E-state index contributed by atoms with van der Waals surface area (Å²) in [5.74, 6) is -0.224. The molecule has 0 amide bonds. The molecule has 0 atom stereocenters. The number of esters is 1. The lowest BCUT2D eigenvalue weighted by molar-refractivity contribution is -0.137. The molecule has 2 heterocycles. The number of hydrogen-bond donors (Lipinski definition) is 0.